The molecule has 4 aromatic carbocycles. The molecule has 7 aromatic rings. The summed E-state index contributed by atoms with van der Waals surface area (Å²) in [6.07, 6.45) is 18.6. The maximum Gasteiger partial charge on any atom is 0.121 e. The minimum absolute atomic E-state index is 0. The predicted octanol–water partition coefficient (Wildman–Crippen LogP) is 14.9. The molecule has 2 saturated carbocycles. The molecule has 0 bridgehead atoms. The summed E-state index contributed by atoms with van der Waals surface area (Å²) in [5, 5.41) is 3.79. The molecule has 0 saturated heterocycles. The van der Waals surface area contributed by atoms with Crippen LogP contribution >= 0.6 is 0 Å². The van der Waals surface area contributed by atoms with Crippen molar-refractivity contribution in [2.75, 3.05) is 0 Å². The molecule has 0 amide bonds. The summed E-state index contributed by atoms with van der Waals surface area (Å²) in [5.74, 6) is 1.53. The van der Waals surface area contributed by atoms with Gasteiger partial charge in [-0.25, -0.2) is 0 Å². The normalized spacial score (nSPS) is 15.2. The second-order valence-corrected chi connectivity index (χ2v) is 24.8. The van der Waals surface area contributed by atoms with Gasteiger partial charge in [0.25, 0.3) is 0 Å². The molecule has 3 heterocycles. The molecular weight excluding hydrogens is 925 g/mol. The standard InChI is InChI=1S/C31H28NO.C24H34NSi.Ir/c1-21-12-13-27-29(18-21)33-31-26(15-14-25(30(27)31)24-10-6-3-7-11-24)28-20-23(16-17-32-28)19-22-8-4-2-5-9-22;1-24(2,3)16-21-15-22(25-17-23(21)26(4,5)6)20-13-9-12-19(14-20)18-10-7-8-11-18;/h3,6-7,10-14,16-18,20,22H,2,4-5,8-9,19H2,1H3;9,12,14-15,17-18H,7-8,10-11,16H2,1-6H3;/q2*-1;. The molecule has 0 spiro atoms. The predicted molar refractivity (Wildman–Crippen MR) is 252 cm³/mol. The van der Waals surface area contributed by atoms with Crippen LogP contribution in [0.4, 0.5) is 0 Å². The fraction of sp³-hybridized carbons (Fsp3) is 0.382. The maximum atomic E-state index is 6.50. The number of hydrogen-bond acceptors (Lipinski definition) is 3. The van der Waals surface area contributed by atoms with E-state index in [9.17, 15) is 0 Å². The topological polar surface area (TPSA) is 38.9 Å². The summed E-state index contributed by atoms with van der Waals surface area (Å²) in [6.45, 7) is 16.3. The summed E-state index contributed by atoms with van der Waals surface area (Å²) in [5.41, 5.74) is 14.1. The molecule has 0 unspecified atom stereocenters. The third kappa shape index (κ3) is 10.3. The van der Waals surface area contributed by atoms with Crippen LogP contribution in [0.5, 0.6) is 0 Å². The molecule has 3 nitrogen and oxygen atoms in total. The van der Waals surface area contributed by atoms with Crippen LogP contribution in [0.3, 0.4) is 0 Å². The Kier molecular flexibility index (Phi) is 13.8. The Morgan fingerprint density at radius 3 is 2.27 bits per heavy atom. The van der Waals surface area contributed by atoms with E-state index in [1.54, 1.807) is 0 Å². The van der Waals surface area contributed by atoms with Gasteiger partial charge >= 0.3 is 0 Å². The van der Waals surface area contributed by atoms with Crippen LogP contribution in [0.2, 0.25) is 19.6 Å². The van der Waals surface area contributed by atoms with Crippen LogP contribution in [0.15, 0.2) is 108 Å². The second kappa shape index (κ2) is 18.9. The molecule has 0 N–H and O–H groups in total. The first kappa shape index (κ1) is 43.9. The smallest absolute Gasteiger partial charge is 0.121 e. The van der Waals surface area contributed by atoms with Gasteiger partial charge in [0.05, 0.1) is 13.7 Å². The van der Waals surface area contributed by atoms with Gasteiger partial charge < -0.3 is 14.4 Å². The number of aryl methyl sites for hydroxylation is 1. The van der Waals surface area contributed by atoms with E-state index in [0.717, 1.165) is 74.7 Å². The zero-order chi connectivity index (χ0) is 41.1. The molecule has 2 fully saturated rings. The van der Waals surface area contributed by atoms with E-state index >= 15 is 0 Å². The molecular formula is C55H62IrN2OSi-2. The Bertz CT molecular complexity index is 2530. The Balaban J connectivity index is 0.000000184. The number of rotatable bonds is 8. The molecule has 0 atom stereocenters. The number of aromatic nitrogens is 2. The van der Waals surface area contributed by atoms with Gasteiger partial charge in [-0.1, -0.05) is 168 Å². The largest absolute Gasteiger partial charge is 0.501 e. The van der Waals surface area contributed by atoms with Gasteiger partial charge in [0.15, 0.2) is 0 Å². The van der Waals surface area contributed by atoms with Crippen molar-refractivity contribution in [2.24, 2.45) is 11.3 Å². The molecule has 5 heteroatoms. The molecule has 1 radical (unpaired) electrons. The van der Waals surface area contributed by atoms with Crippen LogP contribution in [0.1, 0.15) is 107 Å². The van der Waals surface area contributed by atoms with Gasteiger partial charge in [0, 0.05) is 37.9 Å². The van der Waals surface area contributed by atoms with Gasteiger partial charge in [0.1, 0.15) is 5.58 Å². The van der Waals surface area contributed by atoms with E-state index in [1.165, 1.54) is 90.8 Å². The number of hydrogen-bond donors (Lipinski definition) is 0. The first-order valence-electron chi connectivity index (χ1n) is 22.3. The quantitative estimate of drug-likeness (QED) is 0.112. The van der Waals surface area contributed by atoms with Crippen molar-refractivity contribution in [3.05, 3.63) is 138 Å². The fourth-order valence-electron chi connectivity index (χ4n) is 9.61. The van der Waals surface area contributed by atoms with Crippen LogP contribution in [-0.4, -0.2) is 18.0 Å². The number of nitrogens with zero attached hydrogens (tertiary/aromatic N) is 2. The zero-order valence-electron chi connectivity index (χ0n) is 36.9. The van der Waals surface area contributed by atoms with Crippen molar-refractivity contribution in [1.29, 1.82) is 0 Å². The third-order valence-electron chi connectivity index (χ3n) is 12.6. The van der Waals surface area contributed by atoms with E-state index < -0.39 is 8.07 Å². The SMILES string of the molecule is CC(C)(C)Cc1cc(-c2[c-]ccc(C3CCCC3)c2)ncc1[Si](C)(C)C.Cc1ccc2c(c1)oc1c(-c3cc(CC4CCCCC4)ccn3)[c-]cc(-c3ccccc3)c12.[Ir]. The maximum absolute atomic E-state index is 6.50. The first-order valence-corrected chi connectivity index (χ1v) is 25.8. The molecule has 2 aliphatic carbocycles. The van der Waals surface area contributed by atoms with Crippen molar-refractivity contribution in [2.45, 2.75) is 124 Å². The number of furan rings is 1. The van der Waals surface area contributed by atoms with Crippen LogP contribution in [0.25, 0.3) is 55.6 Å². The van der Waals surface area contributed by atoms with Gasteiger partial charge in [-0.15, -0.1) is 47.5 Å². The molecule has 9 rings (SSSR count). The van der Waals surface area contributed by atoms with Gasteiger partial charge in [-0.3, -0.25) is 0 Å². The van der Waals surface area contributed by atoms with Crippen LogP contribution in [0, 0.1) is 30.4 Å². The first-order chi connectivity index (χ1) is 28.4. The summed E-state index contributed by atoms with van der Waals surface area (Å²) in [7, 11) is -1.41. The summed E-state index contributed by atoms with van der Waals surface area (Å²) in [6, 6.07) is 39.6. The van der Waals surface area contributed by atoms with E-state index in [0.29, 0.717) is 0 Å². The van der Waals surface area contributed by atoms with Crippen molar-refractivity contribution in [3.8, 4) is 33.6 Å². The average molecular weight is 987 g/mol. The van der Waals surface area contributed by atoms with Crippen molar-refractivity contribution < 1.29 is 24.5 Å². The number of pyridine rings is 2. The molecule has 313 valence electrons. The summed E-state index contributed by atoms with van der Waals surface area (Å²) >= 11 is 0. The van der Waals surface area contributed by atoms with Crippen LogP contribution < -0.4 is 5.19 Å². The van der Waals surface area contributed by atoms with Crippen molar-refractivity contribution in [1.82, 2.24) is 9.97 Å². The van der Waals surface area contributed by atoms with E-state index in [4.69, 9.17) is 14.4 Å². The zero-order valence-corrected chi connectivity index (χ0v) is 40.3. The summed E-state index contributed by atoms with van der Waals surface area (Å²) < 4.78 is 6.50. The third-order valence-corrected chi connectivity index (χ3v) is 14.6. The molecule has 3 aromatic heterocycles. The summed E-state index contributed by atoms with van der Waals surface area (Å²) in [4.78, 5) is 9.63. The minimum atomic E-state index is -1.41. The Morgan fingerprint density at radius 2 is 1.53 bits per heavy atom. The monoisotopic (exact) mass is 987 g/mol. The minimum Gasteiger partial charge on any atom is -0.501 e. The second-order valence-electron chi connectivity index (χ2n) is 19.7. The van der Waals surface area contributed by atoms with E-state index in [1.807, 2.05) is 6.20 Å². The molecule has 60 heavy (non-hydrogen) atoms. The molecule has 0 aliphatic heterocycles. The van der Waals surface area contributed by atoms with Crippen molar-refractivity contribution in [3.63, 3.8) is 0 Å². The van der Waals surface area contributed by atoms with Gasteiger partial charge in [-0.2, -0.15) is 0 Å². The van der Waals surface area contributed by atoms with Gasteiger partial charge in [-0.05, 0) is 89.5 Å². The molecule has 2 aliphatic rings. The number of fused-ring (bicyclic) bond motifs is 3. The fourth-order valence-corrected chi connectivity index (χ4v) is 11.2. The Labute approximate surface area is 374 Å². The van der Waals surface area contributed by atoms with E-state index in [2.05, 4.69) is 157 Å². The van der Waals surface area contributed by atoms with Crippen LogP contribution in [-0.2, 0) is 32.9 Å². The average Bonchev–Trinajstić information content (AvgIpc) is 3.90. The Morgan fingerprint density at radius 1 is 0.783 bits per heavy atom. The number of benzene rings is 4. The van der Waals surface area contributed by atoms with Gasteiger partial charge in [0.2, 0.25) is 0 Å². The van der Waals surface area contributed by atoms with E-state index in [-0.39, 0.29) is 25.5 Å². The Hall–Kier alpha value is -4.15. The van der Waals surface area contributed by atoms with Crippen molar-refractivity contribution >= 4 is 35.2 Å².